The molecule has 0 unspecified atom stereocenters. The monoisotopic (exact) mass is 264 g/mol. The summed E-state index contributed by atoms with van der Waals surface area (Å²) >= 11 is 0. The maximum Gasteiger partial charge on any atom is 0.118 e. The van der Waals surface area contributed by atoms with E-state index in [4.69, 9.17) is 4.42 Å². The van der Waals surface area contributed by atoms with Gasteiger partial charge in [0.1, 0.15) is 11.5 Å². The first-order chi connectivity index (χ1) is 8.92. The van der Waals surface area contributed by atoms with Crippen molar-refractivity contribution in [3.63, 3.8) is 0 Å². The molecule has 0 fully saturated rings. The Morgan fingerprint density at radius 1 is 1.47 bits per heavy atom. The second-order valence-electron chi connectivity index (χ2n) is 5.59. The third-order valence-corrected chi connectivity index (χ3v) is 3.09. The number of likely N-dealkylation sites (N-methyl/N-ethyl adjacent to an activating group) is 1. The van der Waals surface area contributed by atoms with Crippen LogP contribution in [0, 0.1) is 6.92 Å². The van der Waals surface area contributed by atoms with Crippen LogP contribution in [0.25, 0.3) is 0 Å². The lowest BCUT2D eigenvalue weighted by Gasteiger charge is -2.19. The highest BCUT2D eigenvalue weighted by Crippen LogP contribution is 2.17. The van der Waals surface area contributed by atoms with Gasteiger partial charge in [-0.3, -0.25) is 4.90 Å². The molecule has 1 heterocycles. The molecule has 0 saturated heterocycles. The molecule has 0 aliphatic heterocycles. The number of nitrogens with one attached hydrogen (secondary N) is 1. The van der Waals surface area contributed by atoms with E-state index in [1.165, 1.54) is 11.1 Å². The predicted octanol–water partition coefficient (Wildman–Crippen LogP) is 3.48. The van der Waals surface area contributed by atoms with Crippen molar-refractivity contribution in [1.82, 2.24) is 10.2 Å². The van der Waals surface area contributed by atoms with Crippen LogP contribution in [-0.4, -0.2) is 24.0 Å². The normalized spacial score (nSPS) is 11.5. The van der Waals surface area contributed by atoms with Crippen LogP contribution in [0.2, 0.25) is 0 Å². The quantitative estimate of drug-likeness (QED) is 0.729. The van der Waals surface area contributed by atoms with Gasteiger partial charge in [-0.05, 0) is 26.5 Å². The summed E-state index contributed by atoms with van der Waals surface area (Å²) < 4.78 is 5.80. The van der Waals surface area contributed by atoms with Gasteiger partial charge in [-0.15, -0.1) is 0 Å². The molecule has 0 atom stereocenters. The van der Waals surface area contributed by atoms with Gasteiger partial charge < -0.3 is 9.73 Å². The Bertz CT molecular complexity index is 407. The topological polar surface area (TPSA) is 28.4 Å². The van der Waals surface area contributed by atoms with Crippen molar-refractivity contribution in [1.29, 1.82) is 0 Å². The Morgan fingerprint density at radius 3 is 2.68 bits per heavy atom. The Morgan fingerprint density at radius 2 is 2.16 bits per heavy atom. The minimum absolute atomic E-state index is 0.476. The van der Waals surface area contributed by atoms with Gasteiger partial charge in [0.15, 0.2) is 0 Å². The van der Waals surface area contributed by atoms with E-state index in [1.54, 1.807) is 0 Å². The number of hydrogen-bond donors (Lipinski definition) is 1. The third kappa shape index (κ3) is 5.62. The summed E-state index contributed by atoms with van der Waals surface area (Å²) in [6, 6.07) is 2.65. The number of nitrogens with zero attached hydrogens (tertiary/aromatic N) is 1. The number of aryl methyl sites for hydroxylation is 1. The Balaban J connectivity index is 2.64. The van der Waals surface area contributed by atoms with E-state index >= 15 is 0 Å². The predicted molar refractivity (Wildman–Crippen MR) is 81.2 cm³/mol. The molecule has 0 radical (unpaired) electrons. The second-order valence-corrected chi connectivity index (χ2v) is 5.59. The molecule has 3 heteroatoms. The van der Waals surface area contributed by atoms with Crippen molar-refractivity contribution < 1.29 is 4.42 Å². The molecule has 3 nitrogen and oxygen atoms in total. The molecule has 19 heavy (non-hydrogen) atoms. The van der Waals surface area contributed by atoms with Crippen LogP contribution in [0.3, 0.4) is 0 Å². The first-order valence-corrected chi connectivity index (χ1v) is 7.10. The van der Waals surface area contributed by atoms with E-state index < -0.39 is 0 Å². The van der Waals surface area contributed by atoms with Crippen LogP contribution in [0.4, 0.5) is 0 Å². The minimum atomic E-state index is 0.476. The lowest BCUT2D eigenvalue weighted by Crippen LogP contribution is -2.24. The zero-order chi connectivity index (χ0) is 14.4. The average Bonchev–Trinajstić information content (AvgIpc) is 2.66. The van der Waals surface area contributed by atoms with E-state index in [9.17, 15) is 0 Å². The standard InChI is InChI=1S/C16H28N2O/c1-7-18(10-12(2)3)11-15-8-16(19-14(15)6)9-17-13(4)5/h8,13,17H,2,7,9-11H2,1,3-6H3. The van der Waals surface area contributed by atoms with Crippen molar-refractivity contribution in [3.8, 4) is 0 Å². The van der Waals surface area contributed by atoms with Crippen LogP contribution < -0.4 is 5.32 Å². The number of furan rings is 1. The molecular formula is C16H28N2O. The summed E-state index contributed by atoms with van der Waals surface area (Å²) in [7, 11) is 0. The van der Waals surface area contributed by atoms with Gasteiger partial charge in [0.25, 0.3) is 0 Å². The maximum absolute atomic E-state index is 5.80. The maximum atomic E-state index is 5.80. The molecule has 0 spiro atoms. The van der Waals surface area contributed by atoms with E-state index in [2.05, 4.69) is 50.6 Å². The lowest BCUT2D eigenvalue weighted by atomic mass is 10.2. The summed E-state index contributed by atoms with van der Waals surface area (Å²) in [6.07, 6.45) is 0. The Kier molecular flexibility index (Phi) is 6.32. The Labute approximate surface area is 117 Å². The van der Waals surface area contributed by atoms with Crippen LogP contribution in [0.1, 0.15) is 44.8 Å². The highest BCUT2D eigenvalue weighted by molar-refractivity contribution is 5.21. The fraction of sp³-hybridized carbons (Fsp3) is 0.625. The van der Waals surface area contributed by atoms with Crippen molar-refractivity contribution in [3.05, 3.63) is 35.3 Å². The van der Waals surface area contributed by atoms with Crippen molar-refractivity contribution in [2.75, 3.05) is 13.1 Å². The highest BCUT2D eigenvalue weighted by Gasteiger charge is 2.11. The van der Waals surface area contributed by atoms with Gasteiger partial charge in [0, 0.05) is 24.7 Å². The van der Waals surface area contributed by atoms with E-state index in [-0.39, 0.29) is 0 Å². The molecule has 0 saturated carbocycles. The largest absolute Gasteiger partial charge is 0.465 e. The fourth-order valence-corrected chi connectivity index (χ4v) is 2.04. The fourth-order valence-electron chi connectivity index (χ4n) is 2.04. The van der Waals surface area contributed by atoms with Crippen LogP contribution >= 0.6 is 0 Å². The van der Waals surface area contributed by atoms with Gasteiger partial charge in [0.05, 0.1) is 6.54 Å². The Hall–Kier alpha value is -1.06. The van der Waals surface area contributed by atoms with E-state index in [1.807, 2.05) is 6.92 Å². The molecule has 1 aromatic rings. The summed E-state index contributed by atoms with van der Waals surface area (Å²) in [6.45, 7) is 18.3. The smallest absolute Gasteiger partial charge is 0.118 e. The lowest BCUT2D eigenvalue weighted by molar-refractivity contribution is 0.302. The molecule has 1 rings (SSSR count). The summed E-state index contributed by atoms with van der Waals surface area (Å²) in [5.41, 5.74) is 2.48. The zero-order valence-electron chi connectivity index (χ0n) is 13.0. The molecular weight excluding hydrogens is 236 g/mol. The third-order valence-electron chi connectivity index (χ3n) is 3.09. The SMILES string of the molecule is C=C(C)CN(CC)Cc1cc(CNC(C)C)oc1C. The van der Waals surface area contributed by atoms with Crippen LogP contribution in [0.5, 0.6) is 0 Å². The number of hydrogen-bond acceptors (Lipinski definition) is 3. The summed E-state index contributed by atoms with van der Waals surface area (Å²) in [4.78, 5) is 2.37. The van der Waals surface area contributed by atoms with E-state index in [0.29, 0.717) is 6.04 Å². The van der Waals surface area contributed by atoms with Gasteiger partial charge >= 0.3 is 0 Å². The zero-order valence-corrected chi connectivity index (χ0v) is 13.0. The van der Waals surface area contributed by atoms with E-state index in [0.717, 1.165) is 37.7 Å². The molecule has 0 aliphatic carbocycles. The van der Waals surface area contributed by atoms with Gasteiger partial charge in [-0.1, -0.05) is 32.9 Å². The van der Waals surface area contributed by atoms with Gasteiger partial charge in [0.2, 0.25) is 0 Å². The van der Waals surface area contributed by atoms with Crippen LogP contribution in [0.15, 0.2) is 22.6 Å². The van der Waals surface area contributed by atoms with Crippen molar-refractivity contribution in [2.24, 2.45) is 0 Å². The molecule has 1 N–H and O–H groups in total. The molecule has 108 valence electrons. The van der Waals surface area contributed by atoms with Crippen molar-refractivity contribution >= 4 is 0 Å². The second kappa shape index (κ2) is 7.51. The van der Waals surface area contributed by atoms with Crippen molar-refractivity contribution in [2.45, 2.75) is 53.8 Å². The minimum Gasteiger partial charge on any atom is -0.465 e. The first-order valence-electron chi connectivity index (χ1n) is 7.10. The molecule has 1 aromatic heterocycles. The average molecular weight is 264 g/mol. The molecule has 0 aliphatic rings. The summed E-state index contributed by atoms with van der Waals surface area (Å²) in [5.74, 6) is 2.05. The van der Waals surface area contributed by atoms with Crippen LogP contribution in [-0.2, 0) is 13.1 Å². The molecule has 0 aromatic carbocycles. The molecule has 0 bridgehead atoms. The van der Waals surface area contributed by atoms with Gasteiger partial charge in [-0.25, -0.2) is 0 Å². The van der Waals surface area contributed by atoms with Gasteiger partial charge in [-0.2, -0.15) is 0 Å². The highest BCUT2D eigenvalue weighted by atomic mass is 16.3. The first kappa shape index (κ1) is 16.0. The number of rotatable bonds is 8. The summed E-state index contributed by atoms with van der Waals surface area (Å²) in [5, 5.41) is 3.38. The molecule has 0 amide bonds.